The highest BCUT2D eigenvalue weighted by molar-refractivity contribution is 9.10. The molecule has 0 spiro atoms. The molecule has 0 atom stereocenters. The van der Waals surface area contributed by atoms with Crippen LogP contribution in [0.15, 0.2) is 51.5 Å². The number of carbonyl (C=O) groups excluding carboxylic acids is 1. The van der Waals surface area contributed by atoms with Crippen molar-refractivity contribution in [1.82, 2.24) is 15.1 Å². The molecule has 0 bridgehead atoms. The number of aryl methyl sites for hydroxylation is 1. The molecular formula is C17H15BrN4O5. The Morgan fingerprint density at radius 2 is 2.15 bits per heavy atom. The van der Waals surface area contributed by atoms with E-state index in [4.69, 9.17) is 9.15 Å². The minimum absolute atomic E-state index is 0.0363. The van der Waals surface area contributed by atoms with Crippen LogP contribution in [0.25, 0.3) is 0 Å². The number of hydrogen-bond acceptors (Lipinski definition) is 6. The van der Waals surface area contributed by atoms with Gasteiger partial charge in [0, 0.05) is 13.1 Å². The van der Waals surface area contributed by atoms with Gasteiger partial charge in [-0.1, -0.05) is 12.1 Å². The molecule has 140 valence electrons. The van der Waals surface area contributed by atoms with Gasteiger partial charge in [0.25, 0.3) is 5.91 Å². The quantitative estimate of drug-likeness (QED) is 0.451. The standard InChI is InChI=1S/C17H15BrN4O5/c1-21-14(12(18)8-20-21)9-19-17(23)16-7-6-11(27-16)10-26-15-5-3-2-4-13(15)22(24)25/h2-8H,9-10H2,1H3,(H,19,23). The van der Waals surface area contributed by atoms with Crippen LogP contribution >= 0.6 is 15.9 Å². The van der Waals surface area contributed by atoms with Crippen molar-refractivity contribution in [3.63, 3.8) is 0 Å². The van der Waals surface area contributed by atoms with E-state index >= 15 is 0 Å². The van der Waals surface area contributed by atoms with E-state index in [0.29, 0.717) is 5.76 Å². The molecule has 0 radical (unpaired) electrons. The third-order valence-corrected chi connectivity index (χ3v) is 4.41. The van der Waals surface area contributed by atoms with Crippen LogP contribution in [0, 0.1) is 10.1 Å². The second-order valence-electron chi connectivity index (χ2n) is 5.52. The van der Waals surface area contributed by atoms with Gasteiger partial charge in [-0.25, -0.2) is 0 Å². The Hall–Kier alpha value is -3.14. The summed E-state index contributed by atoms with van der Waals surface area (Å²) in [4.78, 5) is 22.7. The summed E-state index contributed by atoms with van der Waals surface area (Å²) >= 11 is 3.36. The van der Waals surface area contributed by atoms with Gasteiger partial charge >= 0.3 is 5.69 Å². The Bertz CT molecular complexity index is 962. The van der Waals surface area contributed by atoms with E-state index in [2.05, 4.69) is 26.3 Å². The van der Waals surface area contributed by atoms with Crippen LogP contribution < -0.4 is 10.1 Å². The van der Waals surface area contributed by atoms with Gasteiger partial charge in [0.05, 0.1) is 27.8 Å². The van der Waals surface area contributed by atoms with Crippen molar-refractivity contribution in [3.8, 4) is 5.75 Å². The molecule has 0 fully saturated rings. The van der Waals surface area contributed by atoms with Gasteiger partial charge in [-0.05, 0) is 34.1 Å². The van der Waals surface area contributed by atoms with Crippen molar-refractivity contribution in [2.24, 2.45) is 7.05 Å². The number of nitrogens with zero attached hydrogens (tertiary/aromatic N) is 3. The lowest BCUT2D eigenvalue weighted by Gasteiger charge is -2.05. The summed E-state index contributed by atoms with van der Waals surface area (Å²) in [5.74, 6) is 0.237. The molecule has 0 saturated heterocycles. The molecule has 1 aromatic carbocycles. The number of para-hydroxylation sites is 2. The highest BCUT2D eigenvalue weighted by Gasteiger charge is 2.16. The first kappa shape index (κ1) is 18.6. The zero-order valence-corrected chi connectivity index (χ0v) is 15.8. The molecule has 0 aliphatic carbocycles. The molecule has 2 heterocycles. The lowest BCUT2D eigenvalue weighted by molar-refractivity contribution is -0.386. The number of amides is 1. The van der Waals surface area contributed by atoms with Gasteiger partial charge in [-0.2, -0.15) is 5.10 Å². The van der Waals surface area contributed by atoms with Gasteiger partial charge in [0.2, 0.25) is 0 Å². The van der Waals surface area contributed by atoms with E-state index in [1.807, 2.05) is 0 Å². The maximum absolute atomic E-state index is 12.2. The normalized spacial score (nSPS) is 10.6. The van der Waals surface area contributed by atoms with E-state index in [1.165, 1.54) is 18.2 Å². The van der Waals surface area contributed by atoms with Crippen LogP contribution in [0.4, 0.5) is 5.69 Å². The second kappa shape index (κ2) is 8.04. The van der Waals surface area contributed by atoms with Gasteiger partial charge < -0.3 is 14.5 Å². The summed E-state index contributed by atoms with van der Waals surface area (Å²) in [5.41, 5.74) is 0.679. The van der Waals surface area contributed by atoms with Crippen LogP contribution in [0.5, 0.6) is 5.75 Å². The Morgan fingerprint density at radius 3 is 2.85 bits per heavy atom. The minimum Gasteiger partial charge on any atom is -0.479 e. The number of rotatable bonds is 7. The SMILES string of the molecule is Cn1ncc(Br)c1CNC(=O)c1ccc(COc2ccccc2[N+](=O)[O-])o1. The molecule has 0 saturated carbocycles. The third-order valence-electron chi connectivity index (χ3n) is 3.74. The zero-order valence-electron chi connectivity index (χ0n) is 14.2. The van der Waals surface area contributed by atoms with E-state index < -0.39 is 4.92 Å². The summed E-state index contributed by atoms with van der Waals surface area (Å²) in [6.45, 7) is 0.240. The Kier molecular flexibility index (Phi) is 5.55. The fourth-order valence-electron chi connectivity index (χ4n) is 2.34. The third kappa shape index (κ3) is 4.34. The molecule has 1 amide bonds. The first-order chi connectivity index (χ1) is 13.0. The Labute approximate surface area is 162 Å². The van der Waals surface area contributed by atoms with Crippen molar-refractivity contribution in [2.45, 2.75) is 13.2 Å². The smallest absolute Gasteiger partial charge is 0.310 e. The predicted molar refractivity (Wildman–Crippen MR) is 98.2 cm³/mol. The van der Waals surface area contributed by atoms with Crippen molar-refractivity contribution >= 4 is 27.5 Å². The molecule has 1 N–H and O–H groups in total. The van der Waals surface area contributed by atoms with Crippen LogP contribution in [0.1, 0.15) is 22.0 Å². The number of hydrogen-bond donors (Lipinski definition) is 1. The maximum Gasteiger partial charge on any atom is 0.310 e. The average Bonchev–Trinajstić information content (AvgIpc) is 3.25. The first-order valence-electron chi connectivity index (χ1n) is 7.85. The average molecular weight is 435 g/mol. The highest BCUT2D eigenvalue weighted by atomic mass is 79.9. The van der Waals surface area contributed by atoms with Crippen LogP contribution in [0.3, 0.4) is 0 Å². The van der Waals surface area contributed by atoms with Crippen molar-refractivity contribution < 1.29 is 18.9 Å². The number of benzene rings is 1. The molecular weight excluding hydrogens is 420 g/mol. The Balaban J connectivity index is 1.60. The molecule has 3 rings (SSSR count). The van der Waals surface area contributed by atoms with Gasteiger partial charge in [0.15, 0.2) is 11.5 Å². The second-order valence-corrected chi connectivity index (χ2v) is 6.38. The summed E-state index contributed by atoms with van der Waals surface area (Å²) < 4.78 is 13.3. The summed E-state index contributed by atoms with van der Waals surface area (Å²) in [6.07, 6.45) is 1.65. The lowest BCUT2D eigenvalue weighted by atomic mass is 10.3. The fourth-order valence-corrected chi connectivity index (χ4v) is 2.83. The number of nitrogens with one attached hydrogen (secondary N) is 1. The van der Waals surface area contributed by atoms with E-state index in [-0.39, 0.29) is 36.3 Å². The molecule has 0 unspecified atom stereocenters. The lowest BCUT2D eigenvalue weighted by Crippen LogP contribution is -2.23. The van der Waals surface area contributed by atoms with Gasteiger partial charge in [-0.3, -0.25) is 19.6 Å². The highest BCUT2D eigenvalue weighted by Crippen LogP contribution is 2.26. The van der Waals surface area contributed by atoms with Crippen LogP contribution in [0.2, 0.25) is 0 Å². The first-order valence-corrected chi connectivity index (χ1v) is 8.64. The Morgan fingerprint density at radius 1 is 1.37 bits per heavy atom. The molecule has 10 heteroatoms. The number of carbonyl (C=O) groups is 1. The topological polar surface area (TPSA) is 112 Å². The minimum atomic E-state index is -0.521. The van der Waals surface area contributed by atoms with Crippen molar-refractivity contribution in [3.05, 3.63) is 74.4 Å². The predicted octanol–water partition coefficient (Wildman–Crippen LogP) is 3.19. The van der Waals surface area contributed by atoms with E-state index in [1.54, 1.807) is 36.1 Å². The number of nitro benzene ring substituents is 1. The molecule has 9 nitrogen and oxygen atoms in total. The number of aromatic nitrogens is 2. The largest absolute Gasteiger partial charge is 0.479 e. The van der Waals surface area contributed by atoms with E-state index in [0.717, 1.165) is 10.2 Å². The summed E-state index contributed by atoms with van der Waals surface area (Å²) in [5, 5.41) is 17.8. The number of ether oxygens (including phenoxy) is 1. The monoisotopic (exact) mass is 434 g/mol. The zero-order chi connectivity index (χ0) is 19.4. The molecule has 2 aromatic heterocycles. The number of nitro groups is 1. The summed E-state index contributed by atoms with van der Waals surface area (Å²) in [6, 6.07) is 9.16. The molecule has 0 aliphatic rings. The van der Waals surface area contributed by atoms with Gasteiger partial charge in [-0.15, -0.1) is 0 Å². The number of halogens is 1. The van der Waals surface area contributed by atoms with Crippen molar-refractivity contribution in [1.29, 1.82) is 0 Å². The maximum atomic E-state index is 12.2. The van der Waals surface area contributed by atoms with Crippen LogP contribution in [-0.2, 0) is 20.2 Å². The number of furan rings is 1. The molecule has 3 aromatic rings. The molecule has 27 heavy (non-hydrogen) atoms. The fraction of sp³-hybridized carbons (Fsp3) is 0.176. The van der Waals surface area contributed by atoms with Gasteiger partial charge in [0.1, 0.15) is 12.4 Å². The summed E-state index contributed by atoms with van der Waals surface area (Å²) in [7, 11) is 1.78. The van der Waals surface area contributed by atoms with Crippen LogP contribution in [-0.4, -0.2) is 20.6 Å². The molecule has 0 aliphatic heterocycles. The van der Waals surface area contributed by atoms with E-state index in [9.17, 15) is 14.9 Å². The van der Waals surface area contributed by atoms with Crippen molar-refractivity contribution in [2.75, 3.05) is 0 Å².